The maximum atomic E-state index is 12.1. The minimum absolute atomic E-state index is 0.00453. The summed E-state index contributed by atoms with van der Waals surface area (Å²) in [6.45, 7) is 5.12. The van der Waals surface area contributed by atoms with Crippen molar-refractivity contribution in [1.29, 1.82) is 0 Å². The van der Waals surface area contributed by atoms with Crippen molar-refractivity contribution < 1.29 is 14.3 Å². The lowest BCUT2D eigenvalue weighted by Gasteiger charge is -2.20. The molecule has 2 N–H and O–H groups in total. The fourth-order valence-electron chi connectivity index (χ4n) is 1.55. The van der Waals surface area contributed by atoms with Crippen molar-refractivity contribution >= 4 is 17.5 Å². The highest BCUT2D eigenvalue weighted by molar-refractivity contribution is 5.97. The zero-order valence-corrected chi connectivity index (χ0v) is 11.6. The molecule has 19 heavy (non-hydrogen) atoms. The van der Waals surface area contributed by atoms with E-state index < -0.39 is 6.04 Å². The van der Waals surface area contributed by atoms with Gasteiger partial charge in [-0.3, -0.25) is 9.59 Å². The van der Waals surface area contributed by atoms with E-state index in [1.54, 1.807) is 12.1 Å². The van der Waals surface area contributed by atoms with Crippen molar-refractivity contribution in [1.82, 2.24) is 10.3 Å². The van der Waals surface area contributed by atoms with Gasteiger partial charge in [0.05, 0.1) is 19.0 Å². The highest BCUT2D eigenvalue weighted by atomic mass is 16.5. The highest BCUT2D eigenvalue weighted by Crippen LogP contribution is 2.12. The van der Waals surface area contributed by atoms with Gasteiger partial charge in [-0.2, -0.15) is 0 Å². The van der Waals surface area contributed by atoms with Crippen LogP contribution in [0.3, 0.4) is 0 Å². The van der Waals surface area contributed by atoms with Crippen molar-refractivity contribution in [2.75, 3.05) is 12.4 Å². The Kier molecular flexibility index (Phi) is 5.29. The molecule has 6 nitrogen and oxygen atoms in total. The molecule has 1 aromatic rings. The molecular formula is C13H19N3O3. The monoisotopic (exact) mass is 265 g/mol. The molecule has 0 aliphatic carbocycles. The van der Waals surface area contributed by atoms with Crippen LogP contribution in [0.5, 0.6) is 5.88 Å². The van der Waals surface area contributed by atoms with Gasteiger partial charge in [-0.05, 0) is 12.0 Å². The van der Waals surface area contributed by atoms with Gasteiger partial charge in [0.25, 0.3) is 0 Å². The number of hydrogen-bond donors (Lipinski definition) is 2. The molecule has 2 amide bonds. The fourth-order valence-corrected chi connectivity index (χ4v) is 1.55. The van der Waals surface area contributed by atoms with Crippen LogP contribution in [-0.4, -0.2) is 29.9 Å². The number of carbonyl (C=O) groups excluding carboxylic acids is 2. The summed E-state index contributed by atoms with van der Waals surface area (Å²) in [6, 6.07) is 2.77. The second kappa shape index (κ2) is 6.72. The van der Waals surface area contributed by atoms with Crippen LogP contribution in [0.4, 0.5) is 5.69 Å². The van der Waals surface area contributed by atoms with Crippen LogP contribution in [0.25, 0.3) is 0 Å². The highest BCUT2D eigenvalue weighted by Gasteiger charge is 2.22. The molecule has 1 heterocycles. The first-order valence-corrected chi connectivity index (χ1v) is 6.02. The van der Waals surface area contributed by atoms with E-state index in [0.29, 0.717) is 11.6 Å². The van der Waals surface area contributed by atoms with Crippen LogP contribution in [0, 0.1) is 5.92 Å². The molecule has 6 heteroatoms. The third-order valence-electron chi connectivity index (χ3n) is 2.52. The summed E-state index contributed by atoms with van der Waals surface area (Å²) >= 11 is 0. The number of nitrogens with zero attached hydrogens (tertiary/aromatic N) is 1. The standard InChI is InChI=1S/C13H19N3O3/c1-8(2)12(15-9(3)17)13(18)16-10-5-6-11(19-4)14-7-10/h5-8,12H,1-4H3,(H,15,17)(H,16,18)/t12-/m1/s1. The second-order valence-electron chi connectivity index (χ2n) is 4.50. The van der Waals surface area contributed by atoms with Crippen molar-refractivity contribution in [2.45, 2.75) is 26.8 Å². The molecule has 0 saturated carbocycles. The molecule has 0 spiro atoms. The normalized spacial score (nSPS) is 11.8. The molecule has 0 radical (unpaired) electrons. The molecule has 0 fully saturated rings. The number of pyridine rings is 1. The van der Waals surface area contributed by atoms with Gasteiger partial charge >= 0.3 is 0 Å². The predicted molar refractivity (Wildman–Crippen MR) is 71.9 cm³/mol. The molecule has 1 aromatic heterocycles. The van der Waals surface area contributed by atoms with Gasteiger partial charge in [0.1, 0.15) is 6.04 Å². The summed E-state index contributed by atoms with van der Waals surface area (Å²) in [5, 5.41) is 5.33. The van der Waals surface area contributed by atoms with Crippen LogP contribution >= 0.6 is 0 Å². The van der Waals surface area contributed by atoms with Crippen LogP contribution in [0.15, 0.2) is 18.3 Å². The lowest BCUT2D eigenvalue weighted by atomic mass is 10.0. The minimum Gasteiger partial charge on any atom is -0.481 e. The summed E-state index contributed by atoms with van der Waals surface area (Å²) in [6.07, 6.45) is 1.50. The Balaban J connectivity index is 2.72. The molecule has 0 aliphatic rings. The molecule has 1 atom stereocenters. The van der Waals surface area contributed by atoms with Crippen molar-refractivity contribution in [3.05, 3.63) is 18.3 Å². The van der Waals surface area contributed by atoms with Gasteiger partial charge in [0.15, 0.2) is 0 Å². The van der Waals surface area contributed by atoms with Gasteiger partial charge in [0.2, 0.25) is 17.7 Å². The Morgan fingerprint density at radius 3 is 2.42 bits per heavy atom. The van der Waals surface area contributed by atoms with Gasteiger partial charge in [0, 0.05) is 13.0 Å². The maximum absolute atomic E-state index is 12.1. The number of rotatable bonds is 5. The quantitative estimate of drug-likeness (QED) is 0.838. The maximum Gasteiger partial charge on any atom is 0.247 e. The van der Waals surface area contributed by atoms with Crippen molar-refractivity contribution in [2.24, 2.45) is 5.92 Å². The Labute approximate surface area is 112 Å². The Morgan fingerprint density at radius 2 is 2.00 bits per heavy atom. The van der Waals surface area contributed by atoms with Crippen LogP contribution < -0.4 is 15.4 Å². The first kappa shape index (κ1) is 14.9. The first-order chi connectivity index (χ1) is 8.93. The molecular weight excluding hydrogens is 246 g/mol. The molecule has 0 saturated heterocycles. The number of ether oxygens (including phenoxy) is 1. The second-order valence-corrected chi connectivity index (χ2v) is 4.50. The third-order valence-corrected chi connectivity index (χ3v) is 2.52. The average Bonchev–Trinajstić information content (AvgIpc) is 2.36. The first-order valence-electron chi connectivity index (χ1n) is 6.02. The molecule has 0 aromatic carbocycles. The summed E-state index contributed by atoms with van der Waals surface area (Å²) < 4.78 is 4.93. The molecule has 0 bridgehead atoms. The Morgan fingerprint density at radius 1 is 1.32 bits per heavy atom. The molecule has 104 valence electrons. The molecule has 0 unspecified atom stereocenters. The topological polar surface area (TPSA) is 80.3 Å². The lowest BCUT2D eigenvalue weighted by molar-refractivity contribution is -0.126. The summed E-state index contributed by atoms with van der Waals surface area (Å²) in [5.41, 5.74) is 0.557. The van der Waals surface area contributed by atoms with E-state index in [1.165, 1.54) is 20.2 Å². The number of anilines is 1. The van der Waals surface area contributed by atoms with E-state index in [2.05, 4.69) is 15.6 Å². The van der Waals surface area contributed by atoms with Crippen LogP contribution in [-0.2, 0) is 9.59 Å². The third kappa shape index (κ3) is 4.57. The van der Waals surface area contributed by atoms with E-state index in [0.717, 1.165) is 0 Å². The average molecular weight is 265 g/mol. The number of amides is 2. The van der Waals surface area contributed by atoms with Gasteiger partial charge in [-0.15, -0.1) is 0 Å². The lowest BCUT2D eigenvalue weighted by Crippen LogP contribution is -2.46. The van der Waals surface area contributed by atoms with Gasteiger partial charge < -0.3 is 15.4 Å². The van der Waals surface area contributed by atoms with E-state index in [1.807, 2.05) is 13.8 Å². The van der Waals surface area contributed by atoms with E-state index in [-0.39, 0.29) is 17.7 Å². The van der Waals surface area contributed by atoms with E-state index in [4.69, 9.17) is 4.74 Å². The van der Waals surface area contributed by atoms with Crippen molar-refractivity contribution in [3.63, 3.8) is 0 Å². The smallest absolute Gasteiger partial charge is 0.247 e. The van der Waals surface area contributed by atoms with Gasteiger partial charge in [-0.25, -0.2) is 4.98 Å². The van der Waals surface area contributed by atoms with Crippen LogP contribution in [0.1, 0.15) is 20.8 Å². The molecule has 0 aliphatic heterocycles. The van der Waals surface area contributed by atoms with Crippen LogP contribution in [0.2, 0.25) is 0 Å². The predicted octanol–water partition coefficient (Wildman–Crippen LogP) is 1.19. The SMILES string of the molecule is COc1ccc(NC(=O)[C@H](NC(C)=O)C(C)C)cn1. The summed E-state index contributed by atoms with van der Waals surface area (Å²) in [7, 11) is 1.52. The number of aromatic nitrogens is 1. The summed E-state index contributed by atoms with van der Waals surface area (Å²) in [5.74, 6) is -0.0331. The minimum atomic E-state index is -0.570. The Hall–Kier alpha value is -2.11. The van der Waals surface area contributed by atoms with E-state index >= 15 is 0 Å². The Bertz CT molecular complexity index is 443. The fraction of sp³-hybridized carbons (Fsp3) is 0.462. The van der Waals surface area contributed by atoms with Gasteiger partial charge in [-0.1, -0.05) is 13.8 Å². The zero-order chi connectivity index (χ0) is 14.4. The molecule has 1 rings (SSSR count). The zero-order valence-electron chi connectivity index (χ0n) is 11.6. The number of hydrogen-bond acceptors (Lipinski definition) is 4. The van der Waals surface area contributed by atoms with E-state index in [9.17, 15) is 9.59 Å². The number of nitrogens with one attached hydrogen (secondary N) is 2. The number of methoxy groups -OCH3 is 1. The number of carbonyl (C=O) groups is 2. The summed E-state index contributed by atoms with van der Waals surface area (Å²) in [4.78, 5) is 27.1. The largest absolute Gasteiger partial charge is 0.481 e. The van der Waals surface area contributed by atoms with Crippen molar-refractivity contribution in [3.8, 4) is 5.88 Å².